The predicted molar refractivity (Wildman–Crippen MR) is 234 cm³/mol. The smallest absolute Gasteiger partial charge is 0.333 e. The third-order valence-electron chi connectivity index (χ3n) is 11.3. The first kappa shape index (κ1) is 56.5. The Bertz CT molecular complexity index is 1490. The summed E-state index contributed by atoms with van der Waals surface area (Å²) in [5.74, 6) is -2.74. The minimum Gasteiger partial charge on any atom is -0.390 e. The Kier molecular flexibility index (Phi) is 27.4. The zero-order valence-electron chi connectivity index (χ0n) is 38.7. The first-order valence-electron chi connectivity index (χ1n) is 23.8. The molecule has 3 aliphatic heterocycles. The minimum absolute atomic E-state index is 0.00533. The minimum atomic E-state index is -1.17. The average molecular weight is 945 g/mol. The van der Waals surface area contributed by atoms with E-state index < -0.39 is 60.8 Å². The van der Waals surface area contributed by atoms with Gasteiger partial charge < -0.3 is 70.8 Å². The van der Waals surface area contributed by atoms with Gasteiger partial charge in [0, 0.05) is 71.0 Å². The van der Waals surface area contributed by atoms with Gasteiger partial charge in [-0.3, -0.25) is 28.8 Å². The summed E-state index contributed by atoms with van der Waals surface area (Å²) in [4.78, 5) is 90.9. The van der Waals surface area contributed by atoms with Crippen molar-refractivity contribution in [2.45, 2.75) is 191 Å². The number of amides is 6. The molecule has 22 nitrogen and oxygen atoms in total. The van der Waals surface area contributed by atoms with E-state index in [1.165, 1.54) is 0 Å². The quantitative estimate of drug-likeness (QED) is 0.0299. The van der Waals surface area contributed by atoms with Gasteiger partial charge in [0.05, 0.1) is 37.6 Å². The maximum atomic E-state index is 13.2. The van der Waals surface area contributed by atoms with Crippen molar-refractivity contribution in [2.75, 3.05) is 45.9 Å². The van der Waals surface area contributed by atoms with Gasteiger partial charge in [0.15, 0.2) is 12.6 Å². The maximum Gasteiger partial charge on any atom is 0.333 e. The van der Waals surface area contributed by atoms with Gasteiger partial charge in [-0.2, -0.15) is 0 Å². The predicted octanol–water partition coefficient (Wildman–Crippen LogP) is -0.385. The van der Waals surface area contributed by atoms with Crippen LogP contribution < -0.4 is 26.6 Å². The average Bonchev–Trinajstić information content (AvgIpc) is 3.59. The molecule has 0 spiro atoms. The molecule has 3 fully saturated rings. The van der Waals surface area contributed by atoms with E-state index in [4.69, 9.17) is 23.8 Å². The van der Waals surface area contributed by atoms with Crippen LogP contribution in [0.3, 0.4) is 0 Å². The van der Waals surface area contributed by atoms with Crippen molar-refractivity contribution in [2.24, 2.45) is 0 Å². The van der Waals surface area contributed by atoms with E-state index in [-0.39, 0.29) is 94.2 Å². The number of ether oxygens (including phenoxy) is 4. The second-order valence-electron chi connectivity index (χ2n) is 17.2. The summed E-state index contributed by atoms with van der Waals surface area (Å²) in [5.41, 5.74) is 0. The van der Waals surface area contributed by atoms with Crippen LogP contribution in [0, 0.1) is 0 Å². The number of hydrogen-bond acceptors (Lipinski definition) is 17. The summed E-state index contributed by atoms with van der Waals surface area (Å²) in [6.07, 6.45) is 1.38. The lowest BCUT2D eigenvalue weighted by molar-refractivity contribution is -0.262. The highest BCUT2D eigenvalue weighted by molar-refractivity contribution is 6.01. The summed E-state index contributed by atoms with van der Waals surface area (Å²) in [6, 6.07) is -0.774. The summed E-state index contributed by atoms with van der Waals surface area (Å²) in [7, 11) is 0. The van der Waals surface area contributed by atoms with Crippen molar-refractivity contribution >= 4 is 41.4 Å². The van der Waals surface area contributed by atoms with Gasteiger partial charge in [-0.1, -0.05) is 12.8 Å². The summed E-state index contributed by atoms with van der Waals surface area (Å²) in [5, 5.41) is 54.9. The van der Waals surface area contributed by atoms with Gasteiger partial charge in [0.25, 0.3) is 11.8 Å². The molecule has 9 N–H and O–H groups in total. The molecule has 378 valence electrons. The molecule has 0 radical (unpaired) electrons. The molecule has 0 unspecified atom stereocenters. The fourth-order valence-corrected chi connectivity index (χ4v) is 7.49. The standard InChI is InChI=1S/C44H76N6O16/c1-29-27-32(51)40(59)43(64-29)62-25-23-46-34(53)14-5-3-10-20-45-21-12-9-13-31(42(61)48-22-11-4-6-17-39(58)66-50-37(56)18-19-38(50)57)49-36(55)16-8-7-15-35(54)47-24-26-63-44-41(60)33(52)28-30(2)65-44/h29-33,40-41,43-45,51-52,59-60H,3-28H2,1-2H3,(H,46,53)(H,47,54)(H,48,61)(H,49,55)/t29-,30-,31-,32+,33+,40-,41-,43+,44+/m0/s1. The van der Waals surface area contributed by atoms with Gasteiger partial charge in [-0.15, -0.1) is 5.06 Å². The molecule has 0 bridgehead atoms. The topological polar surface area (TPSA) is 310 Å². The van der Waals surface area contributed by atoms with Crippen molar-refractivity contribution in [3.63, 3.8) is 0 Å². The molecule has 3 rings (SSSR count). The van der Waals surface area contributed by atoms with Crippen LogP contribution in [-0.2, 0) is 57.3 Å². The molecular formula is C44H76N6O16. The van der Waals surface area contributed by atoms with Gasteiger partial charge in [0.2, 0.25) is 23.6 Å². The van der Waals surface area contributed by atoms with Gasteiger partial charge in [-0.05, 0) is 84.7 Å². The van der Waals surface area contributed by atoms with E-state index >= 15 is 0 Å². The van der Waals surface area contributed by atoms with Crippen molar-refractivity contribution in [3.8, 4) is 0 Å². The van der Waals surface area contributed by atoms with E-state index in [0.29, 0.717) is 88.8 Å². The number of rotatable bonds is 33. The number of nitrogens with zero attached hydrogens (tertiary/aromatic N) is 1. The van der Waals surface area contributed by atoms with Crippen molar-refractivity contribution in [3.05, 3.63) is 0 Å². The summed E-state index contributed by atoms with van der Waals surface area (Å²) in [6.45, 7) is 5.98. The number of nitrogens with one attached hydrogen (secondary N) is 5. The van der Waals surface area contributed by atoms with Crippen LogP contribution in [0.2, 0.25) is 0 Å². The molecule has 3 heterocycles. The van der Waals surface area contributed by atoms with E-state index in [1.807, 2.05) is 0 Å². The fourth-order valence-electron chi connectivity index (χ4n) is 7.49. The van der Waals surface area contributed by atoms with Crippen LogP contribution in [0.4, 0.5) is 0 Å². The molecule has 0 aliphatic carbocycles. The molecule has 22 heteroatoms. The van der Waals surface area contributed by atoms with Crippen LogP contribution in [-0.4, -0.2) is 168 Å². The number of carbonyl (C=O) groups excluding carboxylic acids is 7. The molecule has 0 saturated carbocycles. The number of carbonyl (C=O) groups is 7. The highest BCUT2D eigenvalue weighted by Gasteiger charge is 2.37. The number of hydroxylamine groups is 2. The number of aliphatic hydroxyl groups is 4. The molecule has 0 aromatic rings. The van der Waals surface area contributed by atoms with E-state index in [0.717, 1.165) is 25.8 Å². The summed E-state index contributed by atoms with van der Waals surface area (Å²) >= 11 is 0. The third-order valence-corrected chi connectivity index (χ3v) is 11.3. The van der Waals surface area contributed by atoms with Crippen molar-refractivity contribution in [1.29, 1.82) is 0 Å². The van der Waals surface area contributed by atoms with E-state index in [9.17, 15) is 54.0 Å². The zero-order chi connectivity index (χ0) is 48.3. The van der Waals surface area contributed by atoms with Crippen LogP contribution in [0.15, 0.2) is 0 Å². The Morgan fingerprint density at radius 1 is 0.606 bits per heavy atom. The van der Waals surface area contributed by atoms with Crippen LogP contribution >= 0.6 is 0 Å². The first-order valence-corrected chi connectivity index (χ1v) is 23.8. The Balaban J connectivity index is 1.28. The second-order valence-corrected chi connectivity index (χ2v) is 17.2. The molecule has 0 aromatic heterocycles. The first-order chi connectivity index (χ1) is 31.6. The Morgan fingerprint density at radius 3 is 1.62 bits per heavy atom. The number of imide groups is 1. The SMILES string of the molecule is C[C@H]1C[C@@H](O)[C@H](O)[C@H](OCCNC(=O)CCCCCNCCCC[C@H](NC(=O)CCCCC(=O)NCCO[C@@H]2O[C@@H](C)C[C@@H](O)[C@@H]2O)C(=O)NCCCCCC(=O)ON2C(=O)CCC2=O)O1. The zero-order valence-corrected chi connectivity index (χ0v) is 38.7. The molecule has 66 heavy (non-hydrogen) atoms. The summed E-state index contributed by atoms with van der Waals surface area (Å²) < 4.78 is 22.0. The van der Waals surface area contributed by atoms with Crippen LogP contribution in [0.5, 0.6) is 0 Å². The van der Waals surface area contributed by atoms with E-state index in [2.05, 4.69) is 26.6 Å². The monoisotopic (exact) mass is 945 g/mol. The second kappa shape index (κ2) is 32.0. The highest BCUT2D eigenvalue weighted by Crippen LogP contribution is 2.22. The molecule has 6 amide bonds. The molecule has 3 aliphatic rings. The lowest BCUT2D eigenvalue weighted by Crippen LogP contribution is -2.49. The van der Waals surface area contributed by atoms with Gasteiger partial charge in [0.1, 0.15) is 18.2 Å². The van der Waals surface area contributed by atoms with Gasteiger partial charge in [-0.25, -0.2) is 4.79 Å². The number of aliphatic hydroxyl groups excluding tert-OH is 4. The van der Waals surface area contributed by atoms with E-state index in [1.54, 1.807) is 13.8 Å². The van der Waals surface area contributed by atoms with Crippen LogP contribution in [0.1, 0.15) is 136 Å². The van der Waals surface area contributed by atoms with Crippen molar-refractivity contribution in [1.82, 2.24) is 31.6 Å². The largest absolute Gasteiger partial charge is 0.390 e. The van der Waals surface area contributed by atoms with Crippen molar-refractivity contribution < 1.29 is 77.8 Å². The molecule has 9 atom stereocenters. The lowest BCUT2D eigenvalue weighted by Gasteiger charge is -2.35. The molecular weight excluding hydrogens is 869 g/mol. The van der Waals surface area contributed by atoms with Gasteiger partial charge >= 0.3 is 5.97 Å². The Morgan fingerprint density at radius 2 is 1.08 bits per heavy atom. The highest BCUT2D eigenvalue weighted by atomic mass is 16.7. The van der Waals surface area contributed by atoms with Crippen LogP contribution in [0.25, 0.3) is 0 Å². The fraction of sp³-hybridized carbons (Fsp3) is 0.841. The molecule has 0 aromatic carbocycles. The number of hydrogen-bond donors (Lipinski definition) is 9. The lowest BCUT2D eigenvalue weighted by atomic mass is 10.0. The third kappa shape index (κ3) is 22.8. The normalized spacial score (nSPS) is 24.7. The Labute approximate surface area is 387 Å². The Hall–Kier alpha value is -3.87. The molecule has 3 saturated heterocycles. The number of unbranched alkanes of at least 4 members (excludes halogenated alkanes) is 6. The maximum absolute atomic E-state index is 13.2.